The van der Waals surface area contributed by atoms with Crippen LogP contribution < -0.4 is 4.90 Å². The number of anilines is 1. The van der Waals surface area contributed by atoms with Crippen molar-refractivity contribution in [3.05, 3.63) is 10.6 Å². The van der Waals surface area contributed by atoms with Crippen molar-refractivity contribution in [2.75, 3.05) is 11.4 Å². The number of thiazole rings is 1. The van der Waals surface area contributed by atoms with Crippen molar-refractivity contribution in [2.24, 2.45) is 5.92 Å². The molecule has 2 rings (SSSR count). The van der Waals surface area contributed by atoms with Crippen LogP contribution in [0.4, 0.5) is 5.13 Å². The van der Waals surface area contributed by atoms with Crippen molar-refractivity contribution >= 4 is 16.5 Å². The summed E-state index contributed by atoms with van der Waals surface area (Å²) in [6, 6.07) is 0.581. The van der Waals surface area contributed by atoms with Gasteiger partial charge >= 0.3 is 0 Å². The molecular weight excluding hydrogens is 220 g/mol. The van der Waals surface area contributed by atoms with E-state index in [1.165, 1.54) is 6.42 Å². The Kier molecular flexibility index (Phi) is 3.50. The predicted octanol–water partition coefficient (Wildman–Crippen LogP) is 2.43. The topological polar surface area (TPSA) is 36.4 Å². The van der Waals surface area contributed by atoms with Gasteiger partial charge in [0.1, 0.15) is 0 Å². The Morgan fingerprint density at radius 2 is 2.25 bits per heavy atom. The number of nitrogens with zero attached hydrogens (tertiary/aromatic N) is 2. The fourth-order valence-electron chi connectivity index (χ4n) is 2.46. The van der Waals surface area contributed by atoms with Crippen LogP contribution in [0.3, 0.4) is 0 Å². The molecule has 1 fully saturated rings. The standard InChI is InChI=1S/C12H20N2OS/c1-4-10-11(7-15)16-12(13-10)14-6-8(2)5-9(14)3/h8-9,15H,4-7H2,1-3H3. The quantitative estimate of drug-likeness (QED) is 0.881. The molecular formula is C12H20N2OS. The van der Waals surface area contributed by atoms with E-state index >= 15 is 0 Å². The first kappa shape index (κ1) is 11.9. The van der Waals surface area contributed by atoms with Crippen LogP contribution in [-0.2, 0) is 13.0 Å². The van der Waals surface area contributed by atoms with Crippen LogP contribution in [0.25, 0.3) is 0 Å². The van der Waals surface area contributed by atoms with Gasteiger partial charge in [0.2, 0.25) is 0 Å². The Morgan fingerprint density at radius 3 is 2.69 bits per heavy atom. The van der Waals surface area contributed by atoms with Gasteiger partial charge in [0.15, 0.2) is 5.13 Å². The second-order valence-corrected chi connectivity index (χ2v) is 5.78. The van der Waals surface area contributed by atoms with Gasteiger partial charge in [0.05, 0.1) is 17.2 Å². The summed E-state index contributed by atoms with van der Waals surface area (Å²) in [6.45, 7) is 7.86. The van der Waals surface area contributed by atoms with Crippen LogP contribution in [0.5, 0.6) is 0 Å². The van der Waals surface area contributed by atoms with Gasteiger partial charge in [-0.3, -0.25) is 0 Å². The molecule has 0 spiro atoms. The summed E-state index contributed by atoms with van der Waals surface area (Å²) >= 11 is 1.65. The normalized spacial score (nSPS) is 25.4. The SMILES string of the molecule is CCc1nc(N2CC(C)CC2C)sc1CO. The van der Waals surface area contributed by atoms with Gasteiger partial charge in [-0.25, -0.2) is 4.98 Å². The number of aliphatic hydroxyl groups is 1. The van der Waals surface area contributed by atoms with Crippen LogP contribution in [-0.4, -0.2) is 22.7 Å². The van der Waals surface area contributed by atoms with E-state index in [2.05, 4.69) is 30.7 Å². The molecule has 1 saturated heterocycles. The van der Waals surface area contributed by atoms with Gasteiger partial charge < -0.3 is 10.0 Å². The summed E-state index contributed by atoms with van der Waals surface area (Å²) in [5, 5.41) is 10.4. The fraction of sp³-hybridized carbons (Fsp3) is 0.750. The average molecular weight is 240 g/mol. The smallest absolute Gasteiger partial charge is 0.186 e. The molecule has 1 N–H and O–H groups in total. The van der Waals surface area contributed by atoms with Gasteiger partial charge in [-0.2, -0.15) is 0 Å². The number of hydrogen-bond acceptors (Lipinski definition) is 4. The highest BCUT2D eigenvalue weighted by Gasteiger charge is 2.28. The zero-order chi connectivity index (χ0) is 11.7. The minimum absolute atomic E-state index is 0.124. The molecule has 0 aliphatic carbocycles. The number of rotatable bonds is 3. The minimum Gasteiger partial charge on any atom is -0.391 e. The summed E-state index contributed by atoms with van der Waals surface area (Å²) in [6.07, 6.45) is 2.15. The minimum atomic E-state index is 0.124. The third-order valence-electron chi connectivity index (χ3n) is 3.28. The van der Waals surface area contributed by atoms with Crippen molar-refractivity contribution < 1.29 is 5.11 Å². The molecule has 2 heterocycles. The second-order valence-electron chi connectivity index (χ2n) is 4.72. The summed E-state index contributed by atoms with van der Waals surface area (Å²) < 4.78 is 0. The number of hydrogen-bond donors (Lipinski definition) is 1. The third kappa shape index (κ3) is 2.09. The van der Waals surface area contributed by atoms with Crippen molar-refractivity contribution in [3.8, 4) is 0 Å². The molecule has 16 heavy (non-hydrogen) atoms. The molecule has 90 valence electrons. The van der Waals surface area contributed by atoms with E-state index < -0.39 is 0 Å². The highest BCUT2D eigenvalue weighted by Crippen LogP contribution is 2.33. The molecule has 1 aromatic heterocycles. The number of aliphatic hydroxyl groups excluding tert-OH is 1. The summed E-state index contributed by atoms with van der Waals surface area (Å²) in [5.74, 6) is 0.751. The van der Waals surface area contributed by atoms with Gasteiger partial charge in [-0.1, -0.05) is 25.2 Å². The molecule has 0 radical (unpaired) electrons. The van der Waals surface area contributed by atoms with Gasteiger partial charge in [-0.05, 0) is 25.7 Å². The average Bonchev–Trinajstić information content (AvgIpc) is 2.81. The van der Waals surface area contributed by atoms with E-state index in [9.17, 15) is 5.11 Å². The Balaban J connectivity index is 2.23. The van der Waals surface area contributed by atoms with E-state index in [0.29, 0.717) is 6.04 Å². The lowest BCUT2D eigenvalue weighted by Crippen LogP contribution is -2.26. The largest absolute Gasteiger partial charge is 0.391 e. The van der Waals surface area contributed by atoms with Crippen LogP contribution in [0.15, 0.2) is 0 Å². The molecule has 1 aliphatic heterocycles. The van der Waals surface area contributed by atoms with E-state index in [1.807, 2.05) is 0 Å². The van der Waals surface area contributed by atoms with E-state index in [1.54, 1.807) is 11.3 Å². The molecule has 2 atom stereocenters. The lowest BCUT2D eigenvalue weighted by Gasteiger charge is -2.19. The van der Waals surface area contributed by atoms with Crippen LogP contribution >= 0.6 is 11.3 Å². The lowest BCUT2D eigenvalue weighted by molar-refractivity contribution is 0.284. The lowest BCUT2D eigenvalue weighted by atomic mass is 10.1. The van der Waals surface area contributed by atoms with E-state index in [-0.39, 0.29) is 6.61 Å². The maximum absolute atomic E-state index is 9.28. The Hall–Kier alpha value is -0.610. The molecule has 1 aromatic rings. The molecule has 0 bridgehead atoms. The van der Waals surface area contributed by atoms with E-state index in [0.717, 1.165) is 34.6 Å². The first-order chi connectivity index (χ1) is 7.65. The summed E-state index contributed by atoms with van der Waals surface area (Å²) in [7, 11) is 0. The zero-order valence-corrected chi connectivity index (χ0v) is 11.0. The molecule has 4 heteroatoms. The third-order valence-corrected chi connectivity index (χ3v) is 4.39. The highest BCUT2D eigenvalue weighted by atomic mass is 32.1. The maximum Gasteiger partial charge on any atom is 0.186 e. The van der Waals surface area contributed by atoms with Crippen molar-refractivity contribution in [1.82, 2.24) is 4.98 Å². The van der Waals surface area contributed by atoms with Gasteiger partial charge in [0.25, 0.3) is 0 Å². The molecule has 2 unspecified atom stereocenters. The van der Waals surface area contributed by atoms with Gasteiger partial charge in [0, 0.05) is 12.6 Å². The molecule has 3 nitrogen and oxygen atoms in total. The second kappa shape index (κ2) is 4.72. The predicted molar refractivity (Wildman–Crippen MR) is 68.0 cm³/mol. The Labute approximate surface area is 101 Å². The first-order valence-electron chi connectivity index (χ1n) is 6.01. The number of aryl methyl sites for hydroxylation is 1. The van der Waals surface area contributed by atoms with E-state index in [4.69, 9.17) is 0 Å². The monoisotopic (exact) mass is 240 g/mol. The van der Waals surface area contributed by atoms with Gasteiger partial charge in [-0.15, -0.1) is 0 Å². The van der Waals surface area contributed by atoms with Crippen molar-refractivity contribution in [2.45, 2.75) is 46.3 Å². The fourth-order valence-corrected chi connectivity index (χ4v) is 3.58. The molecule has 0 saturated carbocycles. The van der Waals surface area contributed by atoms with Crippen LogP contribution in [0, 0.1) is 5.92 Å². The number of aromatic nitrogens is 1. The van der Waals surface area contributed by atoms with Crippen LogP contribution in [0.2, 0.25) is 0 Å². The summed E-state index contributed by atoms with van der Waals surface area (Å²) in [5.41, 5.74) is 1.06. The Bertz CT molecular complexity index is 342. The molecule has 1 aliphatic rings. The van der Waals surface area contributed by atoms with Crippen LogP contribution in [0.1, 0.15) is 37.8 Å². The molecule has 0 aromatic carbocycles. The maximum atomic E-state index is 9.28. The zero-order valence-electron chi connectivity index (χ0n) is 10.2. The Morgan fingerprint density at radius 1 is 1.50 bits per heavy atom. The van der Waals surface area contributed by atoms with Crippen molar-refractivity contribution in [1.29, 1.82) is 0 Å². The first-order valence-corrected chi connectivity index (χ1v) is 6.83. The highest BCUT2D eigenvalue weighted by molar-refractivity contribution is 7.15. The summed E-state index contributed by atoms with van der Waals surface area (Å²) in [4.78, 5) is 8.07. The molecule has 0 amide bonds. The van der Waals surface area contributed by atoms with Crippen molar-refractivity contribution in [3.63, 3.8) is 0 Å².